The number of amides is 1. The average Bonchev–Trinajstić information content (AvgIpc) is 3.59. The molecule has 0 spiro atoms. The van der Waals surface area contributed by atoms with Gasteiger partial charge in [0.05, 0.1) is 6.04 Å². The minimum atomic E-state index is -1.90. The Bertz CT molecular complexity index is 1490. The van der Waals surface area contributed by atoms with Gasteiger partial charge >= 0.3 is 0 Å². The number of aliphatic hydroxyl groups excluding tert-OH is 4. The summed E-state index contributed by atoms with van der Waals surface area (Å²) in [6.07, 6.45) is -6.83. The molecule has 2 aromatic rings. The highest BCUT2D eigenvalue weighted by Gasteiger charge is 2.55. The van der Waals surface area contributed by atoms with Crippen LogP contribution in [-0.4, -0.2) is 106 Å². The fourth-order valence-electron chi connectivity index (χ4n) is 5.59. The number of halogens is 2. The third-order valence-corrected chi connectivity index (χ3v) is 8.60. The highest BCUT2D eigenvalue weighted by Crippen LogP contribution is 2.37. The van der Waals surface area contributed by atoms with E-state index in [1.54, 1.807) is 37.3 Å². The smallest absolute Gasteiger partial charge is 0.247 e. The van der Waals surface area contributed by atoms with Gasteiger partial charge in [0, 0.05) is 10.6 Å². The Kier molecular flexibility index (Phi) is 10.4. The molecule has 250 valence electrons. The first-order chi connectivity index (χ1) is 21.8. The Labute approximate surface area is 269 Å². The predicted molar refractivity (Wildman–Crippen MR) is 161 cm³/mol. The van der Waals surface area contributed by atoms with Gasteiger partial charge in [-0.25, -0.2) is 4.39 Å². The van der Waals surface area contributed by atoms with Crippen LogP contribution in [0.5, 0.6) is 11.5 Å². The Morgan fingerprint density at radius 2 is 1.80 bits per heavy atom. The highest BCUT2D eigenvalue weighted by molar-refractivity contribution is 6.30. The van der Waals surface area contributed by atoms with Crippen molar-refractivity contribution in [2.24, 2.45) is 0 Å². The summed E-state index contributed by atoms with van der Waals surface area (Å²) in [4.78, 5) is 12.9. The minimum Gasteiger partial charge on any atom is -0.489 e. The molecule has 3 aliphatic rings. The van der Waals surface area contributed by atoms with E-state index in [9.17, 15) is 30.3 Å². The van der Waals surface area contributed by atoms with E-state index < -0.39 is 72.4 Å². The van der Waals surface area contributed by atoms with E-state index in [1.165, 1.54) is 32.1 Å². The van der Waals surface area contributed by atoms with Crippen molar-refractivity contribution in [1.82, 2.24) is 5.32 Å². The Morgan fingerprint density at radius 1 is 1.09 bits per heavy atom. The van der Waals surface area contributed by atoms with Gasteiger partial charge in [0.15, 0.2) is 17.2 Å². The minimum absolute atomic E-state index is 0.113. The number of carbonyl (C=O) groups is 1. The molecule has 1 saturated carbocycles. The molecule has 0 radical (unpaired) electrons. The first-order valence-electron chi connectivity index (χ1n) is 14.6. The molecular weight excluding hydrogens is 629 g/mol. The molecule has 6 N–H and O–H groups in total. The number of nitrogens with one attached hydrogen (secondary N) is 1. The molecule has 1 aliphatic carbocycles. The first kappa shape index (κ1) is 34.2. The standard InChI is InChI=1S/C32H37ClFNO11/c1-15(9-10-42-19-6-4-5-18(33)13-19)26-29(39)32(3,41)31(46-26)45-21-8-7-17(12-20(21)34)11-16(2)30(40)35-22-23(36)25(38)28-27(24(22)37)43-14-44-28/h4-9,11-13,22-29,31,36-39,41H,10,14H2,1-3H3,(H,35,40)/t22-,23+,24-,25-,26-,27+,28-,29-,31-,32-/m1/s1. The van der Waals surface area contributed by atoms with Crippen molar-refractivity contribution in [3.8, 4) is 11.5 Å². The molecule has 1 amide bonds. The van der Waals surface area contributed by atoms with Crippen LogP contribution in [0.2, 0.25) is 5.02 Å². The quantitative estimate of drug-likeness (QED) is 0.169. The average molecular weight is 666 g/mol. The molecule has 0 unspecified atom stereocenters. The largest absolute Gasteiger partial charge is 0.489 e. The predicted octanol–water partition coefficient (Wildman–Crippen LogP) is 1.45. The molecule has 0 bridgehead atoms. The van der Waals surface area contributed by atoms with Crippen molar-refractivity contribution >= 4 is 23.6 Å². The molecule has 10 atom stereocenters. The van der Waals surface area contributed by atoms with Crippen LogP contribution in [0, 0.1) is 5.82 Å². The summed E-state index contributed by atoms with van der Waals surface area (Å²) in [5.74, 6) is -1.21. The number of fused-ring (bicyclic) bond motifs is 1. The summed E-state index contributed by atoms with van der Waals surface area (Å²) >= 11 is 5.97. The molecular formula is C32H37ClFNO11. The van der Waals surface area contributed by atoms with Crippen LogP contribution in [0.1, 0.15) is 26.3 Å². The van der Waals surface area contributed by atoms with E-state index in [2.05, 4.69) is 5.32 Å². The number of ether oxygens (including phenoxy) is 5. The second-order valence-electron chi connectivity index (χ2n) is 11.8. The summed E-state index contributed by atoms with van der Waals surface area (Å²) in [5.41, 5.74) is -0.944. The first-order valence-corrected chi connectivity index (χ1v) is 15.0. The van der Waals surface area contributed by atoms with Crippen LogP contribution in [0.25, 0.3) is 6.08 Å². The molecule has 2 aromatic carbocycles. The Hall–Kier alpha value is -3.11. The molecule has 5 rings (SSSR count). The van der Waals surface area contributed by atoms with Gasteiger partial charge in [-0.2, -0.15) is 0 Å². The molecule has 14 heteroatoms. The third-order valence-electron chi connectivity index (χ3n) is 8.37. The summed E-state index contributed by atoms with van der Waals surface area (Å²) in [7, 11) is 0. The molecule has 2 heterocycles. The van der Waals surface area contributed by atoms with Crippen LogP contribution in [0.15, 0.2) is 59.7 Å². The number of carbonyl (C=O) groups excluding carboxylic acids is 1. The van der Waals surface area contributed by atoms with Crippen LogP contribution >= 0.6 is 11.6 Å². The van der Waals surface area contributed by atoms with E-state index in [0.29, 0.717) is 16.3 Å². The van der Waals surface area contributed by atoms with Crippen molar-refractivity contribution in [3.05, 3.63) is 76.1 Å². The van der Waals surface area contributed by atoms with Crippen molar-refractivity contribution in [2.75, 3.05) is 13.4 Å². The van der Waals surface area contributed by atoms with Crippen LogP contribution in [-0.2, 0) is 19.0 Å². The van der Waals surface area contributed by atoms with E-state index in [4.69, 9.17) is 35.3 Å². The number of hydrogen-bond acceptors (Lipinski definition) is 11. The Morgan fingerprint density at radius 3 is 2.50 bits per heavy atom. The van der Waals surface area contributed by atoms with Gasteiger partial charge in [0.1, 0.15) is 61.9 Å². The number of benzene rings is 2. The lowest BCUT2D eigenvalue weighted by atomic mass is 9.83. The Balaban J connectivity index is 1.21. The zero-order valence-corrected chi connectivity index (χ0v) is 26.0. The summed E-state index contributed by atoms with van der Waals surface area (Å²) in [6.45, 7) is 4.44. The lowest BCUT2D eigenvalue weighted by Gasteiger charge is -2.41. The van der Waals surface area contributed by atoms with Gasteiger partial charge < -0.3 is 54.5 Å². The van der Waals surface area contributed by atoms with Crippen molar-refractivity contribution in [3.63, 3.8) is 0 Å². The van der Waals surface area contributed by atoms with Gasteiger partial charge in [-0.15, -0.1) is 0 Å². The van der Waals surface area contributed by atoms with Crippen LogP contribution in [0.3, 0.4) is 0 Å². The molecule has 3 fully saturated rings. The third kappa shape index (κ3) is 7.08. The van der Waals surface area contributed by atoms with Gasteiger partial charge in [-0.3, -0.25) is 4.79 Å². The fourth-order valence-corrected chi connectivity index (χ4v) is 5.77. The zero-order chi connectivity index (χ0) is 33.3. The maximum Gasteiger partial charge on any atom is 0.247 e. The van der Waals surface area contributed by atoms with Crippen molar-refractivity contribution in [2.45, 2.75) is 81.4 Å². The lowest BCUT2D eigenvalue weighted by molar-refractivity contribution is -0.155. The fraction of sp³-hybridized carbons (Fsp3) is 0.469. The maximum atomic E-state index is 15.1. The van der Waals surface area contributed by atoms with Gasteiger partial charge in [0.25, 0.3) is 0 Å². The lowest BCUT2D eigenvalue weighted by Crippen LogP contribution is -2.67. The van der Waals surface area contributed by atoms with Crippen molar-refractivity contribution < 1.29 is 58.4 Å². The van der Waals surface area contributed by atoms with Gasteiger partial charge in [0.2, 0.25) is 12.2 Å². The summed E-state index contributed by atoms with van der Waals surface area (Å²) < 4.78 is 42.8. The number of aliphatic hydroxyl groups is 5. The molecule has 2 saturated heterocycles. The van der Waals surface area contributed by atoms with Gasteiger partial charge in [-0.1, -0.05) is 23.7 Å². The summed E-state index contributed by atoms with van der Waals surface area (Å²) in [5, 5.41) is 56.2. The maximum absolute atomic E-state index is 15.1. The topological polar surface area (TPSA) is 176 Å². The van der Waals surface area contributed by atoms with Crippen LogP contribution < -0.4 is 14.8 Å². The molecule has 46 heavy (non-hydrogen) atoms. The second kappa shape index (κ2) is 13.9. The van der Waals surface area contributed by atoms with E-state index in [0.717, 1.165) is 6.07 Å². The second-order valence-corrected chi connectivity index (χ2v) is 12.2. The SMILES string of the molecule is CC(=Cc1ccc(O[C@@H]2O[C@H](C(C)=CCOc3cccc(Cl)c3)[C@@H](O)[C@@]2(C)O)c(F)c1)C(=O)N[C@@H]1[C@H](O)[C@@H](O)[C@H]2OCO[C@H]2[C@@H]1O. The monoisotopic (exact) mass is 665 g/mol. The number of hydrogen-bond donors (Lipinski definition) is 6. The summed E-state index contributed by atoms with van der Waals surface area (Å²) in [6, 6.07) is 9.47. The molecule has 12 nitrogen and oxygen atoms in total. The van der Waals surface area contributed by atoms with Crippen molar-refractivity contribution in [1.29, 1.82) is 0 Å². The molecule has 0 aromatic heterocycles. The van der Waals surface area contributed by atoms with E-state index >= 15 is 4.39 Å². The highest BCUT2D eigenvalue weighted by atomic mass is 35.5. The van der Waals surface area contributed by atoms with E-state index in [1.807, 2.05) is 0 Å². The molecule has 2 aliphatic heterocycles. The van der Waals surface area contributed by atoms with E-state index in [-0.39, 0.29) is 30.3 Å². The van der Waals surface area contributed by atoms with Crippen LogP contribution in [0.4, 0.5) is 4.39 Å². The number of rotatable bonds is 9. The zero-order valence-electron chi connectivity index (χ0n) is 25.2. The normalized spacial score (nSPS) is 34.7. The van der Waals surface area contributed by atoms with Gasteiger partial charge in [-0.05, 0) is 74.4 Å².